The van der Waals surface area contributed by atoms with Crippen LogP contribution in [0.4, 0.5) is 0 Å². The molecule has 128 valence electrons. The summed E-state index contributed by atoms with van der Waals surface area (Å²) in [5, 5.41) is 0.273. The summed E-state index contributed by atoms with van der Waals surface area (Å²) in [4.78, 5) is 12.3. The van der Waals surface area contributed by atoms with Crippen molar-refractivity contribution >= 4 is 14.1 Å². The molecule has 2 saturated carbocycles. The molecule has 0 spiro atoms. The Morgan fingerprint density at radius 2 is 1.95 bits per heavy atom. The zero-order valence-electron chi connectivity index (χ0n) is 15.8. The summed E-state index contributed by atoms with van der Waals surface area (Å²) in [5.74, 6) is 2.09. The molecule has 0 N–H and O–H groups in total. The van der Waals surface area contributed by atoms with E-state index < -0.39 is 8.32 Å². The van der Waals surface area contributed by atoms with Crippen molar-refractivity contribution in [2.45, 2.75) is 84.9 Å². The standard InChI is InChI=1S/C19H36O2Si/c1-14(13-21-22(6,7)18(2,3)4)15-10-11-16-17(20)9-8-12-19(15,16)5/h14-16H,8-13H2,1-7H3. The fourth-order valence-corrected chi connectivity index (χ4v) is 5.69. The predicted molar refractivity (Wildman–Crippen MR) is 95.5 cm³/mol. The first kappa shape index (κ1) is 18.2. The third-order valence-electron chi connectivity index (χ3n) is 7.14. The second-order valence-electron chi connectivity index (χ2n) is 9.61. The highest BCUT2D eigenvalue weighted by molar-refractivity contribution is 6.74. The van der Waals surface area contributed by atoms with Gasteiger partial charge in [-0.25, -0.2) is 0 Å². The molecule has 0 radical (unpaired) electrons. The number of rotatable bonds is 4. The first-order chi connectivity index (χ1) is 9.99. The Morgan fingerprint density at radius 1 is 1.32 bits per heavy atom. The van der Waals surface area contributed by atoms with Crippen molar-refractivity contribution in [3.05, 3.63) is 0 Å². The average molecular weight is 325 g/mol. The Bertz CT molecular complexity index is 424. The molecule has 4 unspecified atom stereocenters. The van der Waals surface area contributed by atoms with Gasteiger partial charge in [0.15, 0.2) is 8.32 Å². The number of hydrogen-bond acceptors (Lipinski definition) is 2. The van der Waals surface area contributed by atoms with Gasteiger partial charge in [0, 0.05) is 18.9 Å². The molecular weight excluding hydrogens is 288 g/mol. The summed E-state index contributed by atoms with van der Waals surface area (Å²) in [6.07, 6.45) is 5.48. The lowest BCUT2D eigenvalue weighted by atomic mass is 9.62. The summed E-state index contributed by atoms with van der Waals surface area (Å²) < 4.78 is 6.47. The lowest BCUT2D eigenvalue weighted by Crippen LogP contribution is -2.44. The van der Waals surface area contributed by atoms with Gasteiger partial charge < -0.3 is 4.43 Å². The summed E-state index contributed by atoms with van der Waals surface area (Å²) in [5.41, 5.74) is 0.242. The molecule has 0 aromatic rings. The van der Waals surface area contributed by atoms with Crippen LogP contribution < -0.4 is 0 Å². The summed E-state index contributed by atoms with van der Waals surface area (Å²) in [6, 6.07) is 0. The first-order valence-corrected chi connectivity index (χ1v) is 12.1. The van der Waals surface area contributed by atoms with Crippen molar-refractivity contribution in [2.75, 3.05) is 6.61 Å². The molecule has 0 saturated heterocycles. The highest BCUT2D eigenvalue weighted by atomic mass is 28.4. The van der Waals surface area contributed by atoms with Crippen LogP contribution in [0, 0.1) is 23.2 Å². The molecule has 2 aliphatic carbocycles. The summed E-state index contributed by atoms with van der Waals surface area (Å²) in [6.45, 7) is 17.2. The smallest absolute Gasteiger partial charge is 0.191 e. The summed E-state index contributed by atoms with van der Waals surface area (Å²) in [7, 11) is -1.67. The van der Waals surface area contributed by atoms with E-state index in [-0.39, 0.29) is 10.5 Å². The minimum atomic E-state index is -1.67. The molecule has 0 heterocycles. The van der Waals surface area contributed by atoms with Gasteiger partial charge in [0.25, 0.3) is 0 Å². The molecule has 22 heavy (non-hydrogen) atoms. The van der Waals surface area contributed by atoms with Crippen LogP contribution in [0.2, 0.25) is 18.1 Å². The second kappa shape index (κ2) is 6.05. The van der Waals surface area contributed by atoms with E-state index in [1.807, 2.05) is 0 Å². The molecule has 0 amide bonds. The molecule has 2 fully saturated rings. The molecular formula is C19H36O2Si. The monoisotopic (exact) mass is 324 g/mol. The van der Waals surface area contributed by atoms with Crippen molar-refractivity contribution in [1.29, 1.82) is 0 Å². The van der Waals surface area contributed by atoms with Crippen LogP contribution in [0.1, 0.15) is 66.7 Å². The molecule has 2 nitrogen and oxygen atoms in total. The van der Waals surface area contributed by atoms with Crippen LogP contribution in [0.25, 0.3) is 0 Å². The number of ketones is 1. The Morgan fingerprint density at radius 3 is 2.55 bits per heavy atom. The van der Waals surface area contributed by atoms with Crippen LogP contribution >= 0.6 is 0 Å². The van der Waals surface area contributed by atoms with Gasteiger partial charge in [0.1, 0.15) is 5.78 Å². The largest absolute Gasteiger partial charge is 0.417 e. The SMILES string of the molecule is CC(CO[Si](C)(C)C(C)(C)C)C1CCC2C(=O)CCCC21C. The Kier molecular flexibility index (Phi) is 5.00. The van der Waals surface area contributed by atoms with E-state index >= 15 is 0 Å². The van der Waals surface area contributed by atoms with Crippen LogP contribution in [0.5, 0.6) is 0 Å². The fourth-order valence-electron chi connectivity index (χ4n) is 4.58. The van der Waals surface area contributed by atoms with Gasteiger partial charge in [0.05, 0.1) is 0 Å². The Balaban J connectivity index is 2.02. The van der Waals surface area contributed by atoms with Crippen LogP contribution in [-0.4, -0.2) is 20.7 Å². The zero-order chi connectivity index (χ0) is 16.8. The molecule has 2 aliphatic rings. The first-order valence-electron chi connectivity index (χ1n) is 9.16. The Labute approximate surface area is 138 Å². The number of carbonyl (C=O) groups is 1. The number of hydrogen-bond donors (Lipinski definition) is 0. The van der Waals surface area contributed by atoms with E-state index in [0.717, 1.165) is 25.9 Å². The van der Waals surface area contributed by atoms with Crippen LogP contribution in [0.3, 0.4) is 0 Å². The Hall–Kier alpha value is -0.153. The van der Waals surface area contributed by atoms with Gasteiger partial charge in [0.2, 0.25) is 0 Å². The lowest BCUT2D eigenvalue weighted by molar-refractivity contribution is -0.130. The maximum atomic E-state index is 12.3. The third kappa shape index (κ3) is 3.21. The maximum absolute atomic E-state index is 12.3. The number of carbonyl (C=O) groups excluding carboxylic acids is 1. The third-order valence-corrected chi connectivity index (χ3v) is 11.6. The number of Topliss-reactive ketones (excluding diaryl/α,β-unsaturated/α-hetero) is 1. The normalized spacial score (nSPS) is 34.6. The van der Waals surface area contributed by atoms with Crippen molar-refractivity contribution in [2.24, 2.45) is 23.2 Å². The topological polar surface area (TPSA) is 26.3 Å². The zero-order valence-corrected chi connectivity index (χ0v) is 16.8. The lowest BCUT2D eigenvalue weighted by Gasteiger charge is -2.43. The van der Waals surface area contributed by atoms with Crippen molar-refractivity contribution in [3.63, 3.8) is 0 Å². The maximum Gasteiger partial charge on any atom is 0.191 e. The summed E-state index contributed by atoms with van der Waals surface area (Å²) >= 11 is 0. The van der Waals surface area contributed by atoms with Gasteiger partial charge in [-0.3, -0.25) is 4.79 Å². The van der Waals surface area contributed by atoms with E-state index in [1.54, 1.807) is 0 Å². The van der Waals surface area contributed by atoms with Gasteiger partial charge in [-0.1, -0.05) is 34.6 Å². The molecule has 0 aromatic carbocycles. The van der Waals surface area contributed by atoms with E-state index in [1.165, 1.54) is 12.8 Å². The minimum absolute atomic E-state index is 0.242. The fraction of sp³-hybridized carbons (Fsp3) is 0.947. The van der Waals surface area contributed by atoms with Crippen molar-refractivity contribution in [3.8, 4) is 0 Å². The minimum Gasteiger partial charge on any atom is -0.417 e. The second-order valence-corrected chi connectivity index (χ2v) is 14.4. The van der Waals surface area contributed by atoms with E-state index in [0.29, 0.717) is 23.5 Å². The molecule has 3 heteroatoms. The number of fused-ring (bicyclic) bond motifs is 1. The van der Waals surface area contributed by atoms with Gasteiger partial charge in [-0.05, 0) is 61.1 Å². The molecule has 0 aromatic heterocycles. The molecule has 2 rings (SSSR count). The highest BCUT2D eigenvalue weighted by Gasteiger charge is 2.52. The van der Waals surface area contributed by atoms with Crippen LogP contribution in [0.15, 0.2) is 0 Å². The van der Waals surface area contributed by atoms with E-state index in [9.17, 15) is 4.79 Å². The molecule has 0 aliphatic heterocycles. The quantitative estimate of drug-likeness (QED) is 0.644. The van der Waals surface area contributed by atoms with Gasteiger partial charge in [-0.15, -0.1) is 0 Å². The highest BCUT2D eigenvalue weighted by Crippen LogP contribution is 2.56. The predicted octanol–water partition coefficient (Wildman–Crippen LogP) is 5.43. The van der Waals surface area contributed by atoms with Gasteiger partial charge in [-0.2, -0.15) is 0 Å². The van der Waals surface area contributed by atoms with E-state index in [4.69, 9.17) is 4.43 Å². The van der Waals surface area contributed by atoms with E-state index in [2.05, 4.69) is 47.7 Å². The molecule has 4 atom stereocenters. The van der Waals surface area contributed by atoms with Gasteiger partial charge >= 0.3 is 0 Å². The van der Waals surface area contributed by atoms with Crippen molar-refractivity contribution < 1.29 is 9.22 Å². The van der Waals surface area contributed by atoms with Crippen LogP contribution in [-0.2, 0) is 9.22 Å². The van der Waals surface area contributed by atoms with Crippen molar-refractivity contribution in [1.82, 2.24) is 0 Å². The molecule has 0 bridgehead atoms. The average Bonchev–Trinajstić information content (AvgIpc) is 2.73.